The molecule has 6 heteroatoms. The maximum absolute atomic E-state index is 12.7. The summed E-state index contributed by atoms with van der Waals surface area (Å²) >= 11 is 0. The minimum atomic E-state index is -0.427. The molecule has 0 N–H and O–H groups in total. The summed E-state index contributed by atoms with van der Waals surface area (Å²) in [5, 5.41) is 0. The van der Waals surface area contributed by atoms with Gasteiger partial charge in [-0.25, -0.2) is 0 Å². The highest BCUT2D eigenvalue weighted by molar-refractivity contribution is 5.81. The number of carbonyl (C=O) groups is 2. The summed E-state index contributed by atoms with van der Waals surface area (Å²) in [5.74, 6) is 0.113. The first-order valence-electron chi connectivity index (χ1n) is 8.86. The zero-order valence-corrected chi connectivity index (χ0v) is 14.3. The van der Waals surface area contributed by atoms with Crippen LogP contribution < -0.4 is 0 Å². The monoisotopic (exact) mass is 324 g/mol. The molecule has 0 aromatic heterocycles. The smallest absolute Gasteiger partial charge is 0.225 e. The molecule has 3 saturated heterocycles. The highest BCUT2D eigenvalue weighted by Gasteiger charge is 2.42. The second-order valence-electron chi connectivity index (χ2n) is 7.19. The zero-order chi connectivity index (χ0) is 16.4. The summed E-state index contributed by atoms with van der Waals surface area (Å²) in [5.41, 5.74) is 0. The highest BCUT2D eigenvalue weighted by Crippen LogP contribution is 2.32. The van der Waals surface area contributed by atoms with Gasteiger partial charge in [0.1, 0.15) is 0 Å². The average Bonchev–Trinajstić information content (AvgIpc) is 3.02. The molecule has 3 rings (SSSR count). The molecule has 6 nitrogen and oxygen atoms in total. The van der Waals surface area contributed by atoms with E-state index in [0.29, 0.717) is 39.4 Å². The maximum Gasteiger partial charge on any atom is 0.225 e. The summed E-state index contributed by atoms with van der Waals surface area (Å²) in [7, 11) is 0. The van der Waals surface area contributed by atoms with Crippen molar-refractivity contribution in [2.75, 3.05) is 39.4 Å². The van der Waals surface area contributed by atoms with Crippen molar-refractivity contribution in [1.82, 2.24) is 9.80 Å². The third-order valence-electron chi connectivity index (χ3n) is 5.30. The second kappa shape index (κ2) is 6.77. The van der Waals surface area contributed by atoms with Crippen LogP contribution in [0.3, 0.4) is 0 Å². The molecule has 23 heavy (non-hydrogen) atoms. The molecule has 3 aliphatic rings. The van der Waals surface area contributed by atoms with Gasteiger partial charge in [0.2, 0.25) is 11.8 Å². The van der Waals surface area contributed by atoms with Crippen LogP contribution in [0.4, 0.5) is 0 Å². The number of amides is 2. The predicted octanol–water partition coefficient (Wildman–Crippen LogP) is 1.25. The second-order valence-corrected chi connectivity index (χ2v) is 7.19. The third kappa shape index (κ3) is 3.53. The predicted molar refractivity (Wildman–Crippen MR) is 84.6 cm³/mol. The fourth-order valence-corrected chi connectivity index (χ4v) is 3.82. The van der Waals surface area contributed by atoms with Crippen molar-refractivity contribution in [1.29, 1.82) is 0 Å². The Hall–Kier alpha value is -1.14. The minimum Gasteiger partial charge on any atom is -0.347 e. The van der Waals surface area contributed by atoms with Crippen LogP contribution in [-0.2, 0) is 19.1 Å². The molecule has 0 aliphatic carbocycles. The zero-order valence-electron chi connectivity index (χ0n) is 14.3. The van der Waals surface area contributed by atoms with Gasteiger partial charge in [-0.15, -0.1) is 0 Å². The van der Waals surface area contributed by atoms with E-state index in [-0.39, 0.29) is 23.7 Å². The van der Waals surface area contributed by atoms with Crippen LogP contribution in [0.2, 0.25) is 0 Å². The lowest BCUT2D eigenvalue weighted by atomic mass is 9.93. The Labute approximate surface area is 138 Å². The van der Waals surface area contributed by atoms with Crippen LogP contribution in [0.1, 0.15) is 39.5 Å². The van der Waals surface area contributed by atoms with Crippen LogP contribution in [-0.4, -0.2) is 66.8 Å². The van der Waals surface area contributed by atoms with Crippen molar-refractivity contribution in [2.24, 2.45) is 11.8 Å². The number of ether oxygens (including phenoxy) is 2. The molecule has 0 aromatic rings. The first-order valence-corrected chi connectivity index (χ1v) is 8.86. The van der Waals surface area contributed by atoms with E-state index in [9.17, 15) is 9.59 Å². The largest absolute Gasteiger partial charge is 0.347 e. The van der Waals surface area contributed by atoms with Crippen LogP contribution >= 0.6 is 0 Å². The Morgan fingerprint density at radius 2 is 1.52 bits per heavy atom. The Morgan fingerprint density at radius 3 is 2.04 bits per heavy atom. The number of hydrogen-bond acceptors (Lipinski definition) is 4. The molecular formula is C17H28N2O4. The Bertz CT molecular complexity index is 442. The van der Waals surface area contributed by atoms with Gasteiger partial charge in [-0.1, -0.05) is 13.8 Å². The Morgan fingerprint density at radius 1 is 0.957 bits per heavy atom. The lowest BCUT2D eigenvalue weighted by molar-refractivity contribution is -0.188. The van der Waals surface area contributed by atoms with Crippen molar-refractivity contribution < 1.29 is 19.1 Å². The van der Waals surface area contributed by atoms with Crippen molar-refractivity contribution in [3.05, 3.63) is 0 Å². The van der Waals surface area contributed by atoms with Gasteiger partial charge in [0.15, 0.2) is 5.79 Å². The number of rotatable bonds is 2. The summed E-state index contributed by atoms with van der Waals surface area (Å²) < 4.78 is 11.4. The van der Waals surface area contributed by atoms with E-state index < -0.39 is 5.79 Å². The molecule has 3 aliphatic heterocycles. The lowest BCUT2D eigenvalue weighted by Crippen LogP contribution is -2.50. The van der Waals surface area contributed by atoms with E-state index >= 15 is 0 Å². The van der Waals surface area contributed by atoms with Crippen molar-refractivity contribution in [3.63, 3.8) is 0 Å². The van der Waals surface area contributed by atoms with Gasteiger partial charge >= 0.3 is 0 Å². The van der Waals surface area contributed by atoms with Gasteiger partial charge in [-0.2, -0.15) is 0 Å². The van der Waals surface area contributed by atoms with Crippen LogP contribution in [0, 0.1) is 11.8 Å². The number of carbonyl (C=O) groups excluding carboxylic acids is 2. The molecule has 3 fully saturated rings. The minimum absolute atomic E-state index is 0.0342. The Balaban J connectivity index is 1.47. The van der Waals surface area contributed by atoms with E-state index in [1.165, 1.54) is 0 Å². The van der Waals surface area contributed by atoms with E-state index in [4.69, 9.17) is 9.47 Å². The average molecular weight is 324 g/mol. The fourth-order valence-electron chi connectivity index (χ4n) is 3.82. The summed E-state index contributed by atoms with van der Waals surface area (Å²) in [6.07, 6.45) is 3.10. The van der Waals surface area contributed by atoms with E-state index in [0.717, 1.165) is 25.7 Å². The SMILES string of the molecule is CC(C)C(=O)N1CCC(C(=O)N2CCC3(CC2)OCCO3)CC1. The van der Waals surface area contributed by atoms with Gasteiger partial charge < -0.3 is 19.3 Å². The third-order valence-corrected chi connectivity index (χ3v) is 5.30. The molecule has 1 spiro atoms. The number of likely N-dealkylation sites (tertiary alicyclic amines) is 2. The molecule has 0 bridgehead atoms. The highest BCUT2D eigenvalue weighted by atomic mass is 16.7. The molecule has 0 aromatic carbocycles. The van der Waals surface area contributed by atoms with Crippen molar-refractivity contribution in [3.8, 4) is 0 Å². The number of hydrogen-bond donors (Lipinski definition) is 0. The molecule has 130 valence electrons. The van der Waals surface area contributed by atoms with E-state index in [1.807, 2.05) is 23.6 Å². The molecule has 0 atom stereocenters. The van der Waals surface area contributed by atoms with Gasteiger partial charge in [0, 0.05) is 50.9 Å². The number of piperidine rings is 2. The molecule has 3 heterocycles. The van der Waals surface area contributed by atoms with Gasteiger partial charge in [0.25, 0.3) is 0 Å². The van der Waals surface area contributed by atoms with Crippen LogP contribution in [0.5, 0.6) is 0 Å². The van der Waals surface area contributed by atoms with Crippen molar-refractivity contribution >= 4 is 11.8 Å². The molecule has 0 saturated carbocycles. The molecular weight excluding hydrogens is 296 g/mol. The quantitative estimate of drug-likeness (QED) is 0.767. The topological polar surface area (TPSA) is 59.1 Å². The van der Waals surface area contributed by atoms with Crippen molar-refractivity contribution in [2.45, 2.75) is 45.3 Å². The molecule has 0 unspecified atom stereocenters. The van der Waals surface area contributed by atoms with Gasteiger partial charge in [0.05, 0.1) is 13.2 Å². The molecule has 0 radical (unpaired) electrons. The number of nitrogens with zero attached hydrogens (tertiary/aromatic N) is 2. The fraction of sp³-hybridized carbons (Fsp3) is 0.882. The summed E-state index contributed by atoms with van der Waals surface area (Å²) in [6, 6.07) is 0. The first kappa shape index (κ1) is 16.7. The van der Waals surface area contributed by atoms with Crippen LogP contribution in [0.15, 0.2) is 0 Å². The summed E-state index contributed by atoms with van der Waals surface area (Å²) in [4.78, 5) is 28.6. The summed E-state index contributed by atoms with van der Waals surface area (Å²) in [6.45, 7) is 8.02. The van der Waals surface area contributed by atoms with Gasteiger partial charge in [-0.3, -0.25) is 9.59 Å². The molecule has 2 amide bonds. The van der Waals surface area contributed by atoms with E-state index in [1.54, 1.807) is 0 Å². The maximum atomic E-state index is 12.7. The van der Waals surface area contributed by atoms with E-state index in [2.05, 4.69) is 0 Å². The standard InChI is InChI=1S/C17H28N2O4/c1-13(2)15(20)18-7-3-14(4-8-18)16(21)19-9-5-17(6-10-19)22-11-12-23-17/h13-14H,3-12H2,1-2H3. The van der Waals surface area contributed by atoms with Gasteiger partial charge in [-0.05, 0) is 12.8 Å². The van der Waals surface area contributed by atoms with Crippen LogP contribution in [0.25, 0.3) is 0 Å². The normalized spacial score (nSPS) is 25.3. The lowest BCUT2D eigenvalue weighted by Gasteiger charge is -2.40. The first-order chi connectivity index (χ1) is 11.0. The Kier molecular flexibility index (Phi) is 4.92.